The molecule has 0 aromatic carbocycles. The van der Waals surface area contributed by atoms with E-state index in [1.165, 1.54) is 28.8 Å². The van der Waals surface area contributed by atoms with E-state index in [-0.39, 0.29) is 11.5 Å². The first-order valence-corrected chi connectivity index (χ1v) is 7.15. The highest BCUT2D eigenvalue weighted by molar-refractivity contribution is 7.99. The van der Waals surface area contributed by atoms with Crippen molar-refractivity contribution < 1.29 is 14.8 Å². The van der Waals surface area contributed by atoms with Crippen LogP contribution in [0, 0.1) is 10.1 Å². The van der Waals surface area contributed by atoms with Crippen LogP contribution in [0.1, 0.15) is 20.8 Å². The number of nitrogen functional groups attached to an aromatic ring is 1. The van der Waals surface area contributed by atoms with Crippen molar-refractivity contribution in [1.29, 1.82) is 0 Å². The third kappa shape index (κ3) is 4.78. The fraction of sp³-hybridized carbons (Fsp3) is 0.500. The van der Waals surface area contributed by atoms with Crippen LogP contribution in [-0.4, -0.2) is 43.8 Å². The molecule has 0 atom stereocenters. The van der Waals surface area contributed by atoms with Crippen LogP contribution in [0.25, 0.3) is 0 Å². The lowest BCUT2D eigenvalue weighted by Gasteiger charge is -2.32. The summed E-state index contributed by atoms with van der Waals surface area (Å²) in [6.07, 6.45) is -0.987. The van der Waals surface area contributed by atoms with E-state index in [2.05, 4.69) is 4.98 Å². The Morgan fingerprint density at radius 1 is 1.52 bits per heavy atom. The Morgan fingerprint density at radius 2 is 2.14 bits per heavy atom. The largest absolute Gasteiger partial charge is 0.465 e. The average Bonchev–Trinajstić information content (AvgIpc) is 2.32. The van der Waals surface area contributed by atoms with Gasteiger partial charge in [0.1, 0.15) is 0 Å². The van der Waals surface area contributed by atoms with Gasteiger partial charge in [-0.1, -0.05) is 0 Å². The quantitative estimate of drug-likeness (QED) is 0.486. The standard InChI is InChI=1S/C12H18N4O4S/c1-12(2,3)15(11(17)18)6-7-21-9-5-4-8(16(19)20)10(13)14-9/h4-5H,6-7H2,1-3H3,(H2,13,14)(H,17,18). The van der Waals surface area contributed by atoms with Crippen LogP contribution in [0.3, 0.4) is 0 Å². The molecule has 1 amide bonds. The number of hydrogen-bond donors (Lipinski definition) is 2. The average molecular weight is 314 g/mol. The van der Waals surface area contributed by atoms with Crippen LogP contribution >= 0.6 is 11.8 Å². The van der Waals surface area contributed by atoms with Crippen LogP contribution in [-0.2, 0) is 0 Å². The molecule has 0 fully saturated rings. The zero-order valence-electron chi connectivity index (χ0n) is 12.1. The highest BCUT2D eigenvalue weighted by Gasteiger charge is 2.25. The molecule has 0 aliphatic heterocycles. The zero-order valence-corrected chi connectivity index (χ0v) is 12.9. The van der Waals surface area contributed by atoms with Gasteiger partial charge in [-0.2, -0.15) is 0 Å². The summed E-state index contributed by atoms with van der Waals surface area (Å²) in [5.41, 5.74) is 4.77. The number of aromatic nitrogens is 1. The monoisotopic (exact) mass is 314 g/mol. The van der Waals surface area contributed by atoms with Gasteiger partial charge >= 0.3 is 11.8 Å². The third-order valence-corrected chi connectivity index (χ3v) is 3.59. The number of rotatable bonds is 5. The molecule has 0 radical (unpaired) electrons. The first kappa shape index (κ1) is 17.0. The van der Waals surface area contributed by atoms with E-state index in [4.69, 9.17) is 10.8 Å². The number of carbonyl (C=O) groups is 1. The Kier molecular flexibility index (Phi) is 5.36. The summed E-state index contributed by atoms with van der Waals surface area (Å²) in [5.74, 6) is 0.337. The highest BCUT2D eigenvalue weighted by atomic mass is 32.2. The Labute approximate surface area is 126 Å². The normalized spacial score (nSPS) is 11.2. The molecule has 0 aliphatic carbocycles. The number of carboxylic acid groups (broad SMARTS) is 1. The summed E-state index contributed by atoms with van der Waals surface area (Å²) in [4.78, 5) is 26.5. The highest BCUT2D eigenvalue weighted by Crippen LogP contribution is 2.24. The number of nitrogens with zero attached hydrogens (tertiary/aromatic N) is 3. The fourth-order valence-corrected chi connectivity index (χ4v) is 2.45. The smallest absolute Gasteiger partial charge is 0.407 e. The van der Waals surface area contributed by atoms with Gasteiger partial charge in [0.25, 0.3) is 0 Å². The van der Waals surface area contributed by atoms with Gasteiger partial charge in [0.15, 0.2) is 0 Å². The maximum atomic E-state index is 11.2. The minimum absolute atomic E-state index is 0.143. The molecule has 0 saturated heterocycles. The number of nitrogens with two attached hydrogens (primary N) is 1. The van der Waals surface area contributed by atoms with E-state index >= 15 is 0 Å². The molecule has 1 aromatic heterocycles. The zero-order chi connectivity index (χ0) is 16.2. The Bertz CT molecular complexity index is 545. The first-order chi connectivity index (χ1) is 9.62. The molecule has 0 spiro atoms. The third-order valence-electron chi connectivity index (χ3n) is 2.68. The summed E-state index contributed by atoms with van der Waals surface area (Å²) < 4.78 is 0. The fourth-order valence-electron chi connectivity index (χ4n) is 1.64. The first-order valence-electron chi connectivity index (χ1n) is 6.17. The SMILES string of the molecule is CC(C)(C)N(CCSc1ccc([N+](=O)[O-])c(N)n1)C(=O)O. The van der Waals surface area contributed by atoms with Gasteiger partial charge in [-0.3, -0.25) is 10.1 Å². The Morgan fingerprint density at radius 3 is 2.57 bits per heavy atom. The molecule has 1 heterocycles. The Balaban J connectivity index is 2.66. The summed E-state index contributed by atoms with van der Waals surface area (Å²) in [6, 6.07) is 2.80. The van der Waals surface area contributed by atoms with Crippen molar-refractivity contribution in [2.75, 3.05) is 18.0 Å². The molecule has 0 saturated carbocycles. The minimum Gasteiger partial charge on any atom is -0.465 e. The van der Waals surface area contributed by atoms with E-state index in [9.17, 15) is 14.9 Å². The molecule has 0 bridgehead atoms. The van der Waals surface area contributed by atoms with Crippen LogP contribution < -0.4 is 5.73 Å². The molecule has 8 nitrogen and oxygen atoms in total. The van der Waals surface area contributed by atoms with Crippen molar-refractivity contribution in [2.45, 2.75) is 31.3 Å². The van der Waals surface area contributed by atoms with Gasteiger partial charge in [0, 0.05) is 23.9 Å². The van der Waals surface area contributed by atoms with E-state index in [0.29, 0.717) is 17.3 Å². The molecule has 9 heteroatoms. The van der Waals surface area contributed by atoms with Crippen molar-refractivity contribution >= 4 is 29.4 Å². The molecule has 0 aliphatic rings. The number of pyridine rings is 1. The van der Waals surface area contributed by atoms with Crippen LogP contribution in [0.5, 0.6) is 0 Å². The summed E-state index contributed by atoms with van der Waals surface area (Å²) >= 11 is 1.30. The molecule has 1 rings (SSSR count). The second-order valence-corrected chi connectivity index (χ2v) is 6.38. The van der Waals surface area contributed by atoms with Crippen molar-refractivity contribution in [2.24, 2.45) is 0 Å². The van der Waals surface area contributed by atoms with Gasteiger partial charge < -0.3 is 15.7 Å². The molecular formula is C12H18N4O4S. The van der Waals surface area contributed by atoms with Crippen molar-refractivity contribution in [1.82, 2.24) is 9.88 Å². The van der Waals surface area contributed by atoms with Gasteiger partial charge in [0.05, 0.1) is 9.95 Å². The number of thioether (sulfide) groups is 1. The number of amides is 1. The van der Waals surface area contributed by atoms with Crippen molar-refractivity contribution in [3.05, 3.63) is 22.2 Å². The summed E-state index contributed by atoms with van der Waals surface area (Å²) in [6.45, 7) is 5.76. The van der Waals surface area contributed by atoms with Crippen molar-refractivity contribution in [3.63, 3.8) is 0 Å². The van der Waals surface area contributed by atoms with Crippen LogP contribution in [0.2, 0.25) is 0 Å². The summed E-state index contributed by atoms with van der Waals surface area (Å²) in [7, 11) is 0. The lowest BCUT2D eigenvalue weighted by Crippen LogP contribution is -2.46. The van der Waals surface area contributed by atoms with Crippen LogP contribution in [0.4, 0.5) is 16.3 Å². The molecule has 1 aromatic rings. The van der Waals surface area contributed by atoms with E-state index < -0.39 is 16.6 Å². The molecule has 116 valence electrons. The topological polar surface area (TPSA) is 123 Å². The van der Waals surface area contributed by atoms with Crippen molar-refractivity contribution in [3.8, 4) is 0 Å². The minimum atomic E-state index is -0.987. The molecular weight excluding hydrogens is 296 g/mol. The maximum Gasteiger partial charge on any atom is 0.407 e. The van der Waals surface area contributed by atoms with Gasteiger partial charge in [-0.05, 0) is 26.8 Å². The van der Waals surface area contributed by atoms with E-state index in [1.807, 2.05) is 20.8 Å². The summed E-state index contributed by atoms with van der Waals surface area (Å²) in [5, 5.41) is 20.3. The maximum absolute atomic E-state index is 11.2. The lowest BCUT2D eigenvalue weighted by atomic mass is 10.1. The molecule has 0 unspecified atom stereocenters. The second-order valence-electron chi connectivity index (χ2n) is 5.26. The van der Waals surface area contributed by atoms with Gasteiger partial charge in [-0.15, -0.1) is 11.8 Å². The predicted octanol–water partition coefficient (Wildman–Crippen LogP) is 2.44. The van der Waals surface area contributed by atoms with Gasteiger partial charge in [0.2, 0.25) is 5.82 Å². The van der Waals surface area contributed by atoms with E-state index in [1.54, 1.807) is 0 Å². The van der Waals surface area contributed by atoms with Crippen LogP contribution in [0.15, 0.2) is 17.2 Å². The number of nitro groups is 1. The Hall–Kier alpha value is -2.03. The molecule has 21 heavy (non-hydrogen) atoms. The number of anilines is 1. The predicted molar refractivity (Wildman–Crippen MR) is 80.5 cm³/mol. The molecule has 3 N–H and O–H groups in total. The number of hydrogen-bond acceptors (Lipinski definition) is 6. The van der Waals surface area contributed by atoms with Gasteiger partial charge in [-0.25, -0.2) is 9.78 Å². The van der Waals surface area contributed by atoms with E-state index in [0.717, 1.165) is 0 Å². The second kappa shape index (κ2) is 6.61. The lowest BCUT2D eigenvalue weighted by molar-refractivity contribution is -0.384.